The third-order valence-corrected chi connectivity index (χ3v) is 5.27. The van der Waals surface area contributed by atoms with Crippen LogP contribution in [0.2, 0.25) is 0 Å². The van der Waals surface area contributed by atoms with Crippen LogP contribution in [0, 0.1) is 0 Å². The van der Waals surface area contributed by atoms with Crippen LogP contribution in [-0.4, -0.2) is 65.7 Å². The fourth-order valence-electron chi connectivity index (χ4n) is 3.79. The topological polar surface area (TPSA) is 57.7 Å². The van der Waals surface area contributed by atoms with Gasteiger partial charge in [0.2, 0.25) is 0 Å². The maximum Gasteiger partial charge on any atom is 0.317 e. The molecule has 1 aromatic rings. The number of rotatable bonds is 6. The molecule has 1 aromatic heterocycles. The summed E-state index contributed by atoms with van der Waals surface area (Å²) < 4.78 is 5.84. The molecule has 2 amide bonds. The van der Waals surface area contributed by atoms with Gasteiger partial charge in [-0.3, -0.25) is 9.88 Å². The van der Waals surface area contributed by atoms with Gasteiger partial charge in [-0.15, -0.1) is 0 Å². The zero-order valence-corrected chi connectivity index (χ0v) is 15.9. The van der Waals surface area contributed by atoms with Gasteiger partial charge in [0.1, 0.15) is 0 Å². The highest BCUT2D eigenvalue weighted by Crippen LogP contribution is 2.16. The van der Waals surface area contributed by atoms with Gasteiger partial charge in [-0.25, -0.2) is 4.79 Å². The third kappa shape index (κ3) is 5.68. The number of hydrogen-bond donors (Lipinski definition) is 1. The molecule has 0 spiro atoms. The number of carbonyl (C=O) groups excluding carboxylic acids is 1. The summed E-state index contributed by atoms with van der Waals surface area (Å²) in [6.07, 6.45) is 9.09. The Bertz CT molecular complexity index is 546. The highest BCUT2D eigenvalue weighted by molar-refractivity contribution is 5.74. The van der Waals surface area contributed by atoms with Gasteiger partial charge in [0.15, 0.2) is 0 Å². The van der Waals surface area contributed by atoms with Crippen LogP contribution in [-0.2, 0) is 11.3 Å². The van der Waals surface area contributed by atoms with E-state index in [9.17, 15) is 4.79 Å². The van der Waals surface area contributed by atoms with Crippen molar-refractivity contribution in [1.82, 2.24) is 20.1 Å². The van der Waals surface area contributed by atoms with Gasteiger partial charge < -0.3 is 15.0 Å². The van der Waals surface area contributed by atoms with Crippen molar-refractivity contribution in [3.05, 3.63) is 30.1 Å². The highest BCUT2D eigenvalue weighted by Gasteiger charge is 2.27. The molecule has 144 valence electrons. The maximum atomic E-state index is 12.6. The lowest BCUT2D eigenvalue weighted by atomic mass is 10.0. The van der Waals surface area contributed by atoms with Gasteiger partial charge in [-0.1, -0.05) is 13.0 Å². The molecule has 2 aliphatic rings. The standard InChI is InChI=1S/C20H32N4O2/c1-2-13-26-19-6-4-10-24(16-19)20(25)22-18-7-11-23(12-8-18)15-17-5-3-9-21-14-17/h3,5,9,14,18-19H,2,4,6-8,10-13,15-16H2,1H3,(H,22,25). The number of aromatic nitrogens is 1. The Morgan fingerprint density at radius 2 is 2.15 bits per heavy atom. The Balaban J connectivity index is 1.39. The lowest BCUT2D eigenvalue weighted by Crippen LogP contribution is -2.52. The number of pyridine rings is 1. The summed E-state index contributed by atoms with van der Waals surface area (Å²) >= 11 is 0. The number of urea groups is 1. The fraction of sp³-hybridized carbons (Fsp3) is 0.700. The molecule has 0 aliphatic carbocycles. The fourth-order valence-corrected chi connectivity index (χ4v) is 3.79. The number of hydrogen-bond acceptors (Lipinski definition) is 4. The van der Waals surface area contributed by atoms with Crippen molar-refractivity contribution >= 4 is 6.03 Å². The van der Waals surface area contributed by atoms with Crippen molar-refractivity contribution in [2.45, 2.75) is 57.7 Å². The molecule has 3 rings (SSSR count). The van der Waals surface area contributed by atoms with E-state index in [0.29, 0.717) is 0 Å². The Labute approximate surface area is 156 Å². The predicted molar refractivity (Wildman–Crippen MR) is 102 cm³/mol. The average Bonchev–Trinajstić information content (AvgIpc) is 2.69. The van der Waals surface area contributed by atoms with E-state index in [1.165, 1.54) is 5.56 Å². The second kappa shape index (κ2) is 9.88. The van der Waals surface area contributed by atoms with Crippen molar-refractivity contribution in [3.63, 3.8) is 0 Å². The molecule has 2 fully saturated rings. The average molecular weight is 361 g/mol. The molecule has 2 saturated heterocycles. The van der Waals surface area contributed by atoms with Crippen LogP contribution in [0.3, 0.4) is 0 Å². The lowest BCUT2D eigenvalue weighted by Gasteiger charge is -2.36. The second-order valence-corrected chi connectivity index (χ2v) is 7.44. The SMILES string of the molecule is CCCOC1CCCN(C(=O)NC2CCN(Cc3cccnc3)CC2)C1. The number of nitrogens with zero attached hydrogens (tertiary/aromatic N) is 3. The second-order valence-electron chi connectivity index (χ2n) is 7.44. The predicted octanol–water partition coefficient (Wildman–Crippen LogP) is 2.65. The summed E-state index contributed by atoms with van der Waals surface area (Å²) in [6, 6.07) is 4.47. The first-order chi connectivity index (χ1) is 12.7. The summed E-state index contributed by atoms with van der Waals surface area (Å²) in [6.45, 7) is 7.45. The van der Waals surface area contributed by atoms with Gasteiger partial charge in [0.05, 0.1) is 6.10 Å². The zero-order valence-electron chi connectivity index (χ0n) is 15.9. The first-order valence-electron chi connectivity index (χ1n) is 10.0. The monoisotopic (exact) mass is 360 g/mol. The molecule has 6 heteroatoms. The summed E-state index contributed by atoms with van der Waals surface area (Å²) in [7, 11) is 0. The molecule has 1 atom stereocenters. The van der Waals surface area contributed by atoms with E-state index in [0.717, 1.165) is 71.4 Å². The summed E-state index contributed by atoms with van der Waals surface area (Å²) in [5.41, 5.74) is 1.25. The minimum atomic E-state index is 0.0838. The Hall–Kier alpha value is -1.66. The van der Waals surface area contributed by atoms with Gasteiger partial charge in [0, 0.05) is 57.8 Å². The van der Waals surface area contributed by atoms with Gasteiger partial charge in [-0.2, -0.15) is 0 Å². The van der Waals surface area contributed by atoms with Crippen LogP contribution in [0.5, 0.6) is 0 Å². The number of ether oxygens (including phenoxy) is 1. The molecule has 1 N–H and O–H groups in total. The van der Waals surface area contributed by atoms with Crippen LogP contribution >= 0.6 is 0 Å². The first-order valence-corrected chi connectivity index (χ1v) is 10.0. The van der Waals surface area contributed by atoms with Crippen molar-refractivity contribution in [1.29, 1.82) is 0 Å². The van der Waals surface area contributed by atoms with E-state index >= 15 is 0 Å². The van der Waals surface area contributed by atoms with Crippen molar-refractivity contribution < 1.29 is 9.53 Å². The molecule has 0 aromatic carbocycles. The number of amides is 2. The van der Waals surface area contributed by atoms with Crippen molar-refractivity contribution in [2.24, 2.45) is 0 Å². The number of nitrogens with one attached hydrogen (secondary N) is 1. The Morgan fingerprint density at radius 3 is 2.88 bits per heavy atom. The maximum absolute atomic E-state index is 12.6. The zero-order chi connectivity index (χ0) is 18.2. The van der Waals surface area contributed by atoms with Crippen molar-refractivity contribution in [2.75, 3.05) is 32.8 Å². The van der Waals surface area contributed by atoms with Crippen LogP contribution in [0.25, 0.3) is 0 Å². The van der Waals surface area contributed by atoms with Crippen LogP contribution in [0.15, 0.2) is 24.5 Å². The van der Waals surface area contributed by atoms with Crippen LogP contribution in [0.1, 0.15) is 44.6 Å². The van der Waals surface area contributed by atoms with Crippen molar-refractivity contribution in [3.8, 4) is 0 Å². The van der Waals surface area contributed by atoms with Crippen LogP contribution < -0.4 is 5.32 Å². The minimum absolute atomic E-state index is 0.0838. The molecule has 26 heavy (non-hydrogen) atoms. The normalized spacial score (nSPS) is 22.3. The molecule has 0 radical (unpaired) electrons. The number of carbonyl (C=O) groups is 1. The van der Waals surface area contributed by atoms with E-state index in [2.05, 4.69) is 28.2 Å². The quantitative estimate of drug-likeness (QED) is 0.847. The molecule has 1 unspecified atom stereocenters. The molecule has 2 aliphatic heterocycles. The summed E-state index contributed by atoms with van der Waals surface area (Å²) in [5.74, 6) is 0. The summed E-state index contributed by atoms with van der Waals surface area (Å²) in [4.78, 5) is 21.2. The minimum Gasteiger partial charge on any atom is -0.376 e. The van der Waals surface area contributed by atoms with E-state index in [-0.39, 0.29) is 18.2 Å². The first kappa shape index (κ1) is 19.1. The highest BCUT2D eigenvalue weighted by atomic mass is 16.5. The van der Waals surface area contributed by atoms with E-state index < -0.39 is 0 Å². The lowest BCUT2D eigenvalue weighted by molar-refractivity contribution is 0.00947. The molecule has 0 saturated carbocycles. The van der Waals surface area contributed by atoms with E-state index in [1.54, 1.807) is 0 Å². The molecule has 6 nitrogen and oxygen atoms in total. The molecule has 3 heterocycles. The Kier molecular flexibility index (Phi) is 7.26. The number of piperidine rings is 2. The van der Waals surface area contributed by atoms with Gasteiger partial charge >= 0.3 is 6.03 Å². The molecular formula is C20H32N4O2. The van der Waals surface area contributed by atoms with E-state index in [4.69, 9.17) is 4.74 Å². The third-order valence-electron chi connectivity index (χ3n) is 5.27. The van der Waals surface area contributed by atoms with Crippen LogP contribution in [0.4, 0.5) is 4.79 Å². The van der Waals surface area contributed by atoms with Gasteiger partial charge in [0.25, 0.3) is 0 Å². The summed E-state index contributed by atoms with van der Waals surface area (Å²) in [5, 5.41) is 3.24. The largest absolute Gasteiger partial charge is 0.376 e. The van der Waals surface area contributed by atoms with Gasteiger partial charge in [-0.05, 0) is 43.7 Å². The molecular weight excluding hydrogens is 328 g/mol. The smallest absolute Gasteiger partial charge is 0.317 e. The Morgan fingerprint density at radius 1 is 1.31 bits per heavy atom. The molecule has 0 bridgehead atoms. The van der Waals surface area contributed by atoms with E-state index in [1.807, 2.05) is 23.4 Å². The number of likely N-dealkylation sites (tertiary alicyclic amines) is 2.